The van der Waals surface area contributed by atoms with Gasteiger partial charge in [-0.15, -0.1) is 0 Å². The second-order valence-electron chi connectivity index (χ2n) is 30.7. The molecule has 4 aliphatic rings. The Hall–Kier alpha value is -3.61. The van der Waals surface area contributed by atoms with Crippen molar-refractivity contribution in [1.82, 2.24) is 16.0 Å². The molecule has 0 aromatic heterocycles. The summed E-state index contributed by atoms with van der Waals surface area (Å²) < 4.78 is 45.7. The maximum atomic E-state index is 14.1. The fourth-order valence-electron chi connectivity index (χ4n) is 15.1. The van der Waals surface area contributed by atoms with Gasteiger partial charge in [-0.05, 0) is 12.8 Å². The molecule has 4 saturated heterocycles. The van der Waals surface area contributed by atoms with E-state index in [-0.39, 0.29) is 12.8 Å². The minimum absolute atomic E-state index is 0.0998. The van der Waals surface area contributed by atoms with Crippen LogP contribution in [-0.2, 0) is 61.9 Å². The van der Waals surface area contributed by atoms with Gasteiger partial charge in [0, 0.05) is 26.9 Å². The lowest BCUT2D eigenvalue weighted by Crippen LogP contribution is -2.71. The SMILES string of the molecule is CCCCCCCCCCCCCCCCCCCCCC[C@@H](O)C(=O)N[C@@H](CO[C@@H]1O[C@H](CO)[C@@H](O[C@@H]2O[C@H](CO)[C@H](O[C@]3(C(=O)O)C[C@H](O)[C@@H](NC(=O)C[C@]4(C(=O)O)C[C@H](O)[C@@H](NC(C)=O)[C@H]([C@H](O)[C@@H](CO)OC)O4)[C@H]([C@H](O)[C@H](O)CO)O3)[C@H](O)[C@H]2O)[C@H](O)[C@H]1O)[C@H](O)[C@H](O)CCCCCCCCCCCCC. The number of carbonyl (C=O) groups excluding carboxylic acids is 3. The number of nitrogens with one attached hydrogen (secondary N) is 3. The van der Waals surface area contributed by atoms with Gasteiger partial charge in [0.2, 0.25) is 17.7 Å². The van der Waals surface area contributed by atoms with E-state index < -0.39 is 240 Å². The van der Waals surface area contributed by atoms with Crippen molar-refractivity contribution < 1.29 is 154 Å². The number of carboxylic acid groups (broad SMARTS) is 2. The van der Waals surface area contributed by atoms with Gasteiger partial charge in [-0.2, -0.15) is 0 Å². The third-order valence-electron chi connectivity index (χ3n) is 21.8. The first-order valence-corrected chi connectivity index (χ1v) is 40.6. The summed E-state index contributed by atoms with van der Waals surface area (Å²) in [4.78, 5) is 66.3. The normalized spacial score (nSPS) is 30.8. The van der Waals surface area contributed by atoms with Crippen LogP contribution in [0.25, 0.3) is 0 Å². The molecular formula is C76H139N3O31. The number of aliphatic hydroxyl groups is 16. The molecule has 4 rings (SSSR count). The van der Waals surface area contributed by atoms with Crippen LogP contribution in [0.4, 0.5) is 0 Å². The van der Waals surface area contributed by atoms with Crippen molar-refractivity contribution in [3.05, 3.63) is 0 Å². The van der Waals surface area contributed by atoms with E-state index in [1.54, 1.807) is 0 Å². The Labute approximate surface area is 647 Å². The molecule has 3 amide bonds. The predicted octanol–water partition coefficient (Wildman–Crippen LogP) is 0.498. The Morgan fingerprint density at radius 3 is 1.39 bits per heavy atom. The molecule has 4 fully saturated rings. The predicted molar refractivity (Wildman–Crippen MR) is 394 cm³/mol. The largest absolute Gasteiger partial charge is 0.479 e. The van der Waals surface area contributed by atoms with Gasteiger partial charge in [-0.25, -0.2) is 9.59 Å². The molecule has 0 saturated carbocycles. The molecular weight excluding hydrogens is 1450 g/mol. The fourth-order valence-corrected chi connectivity index (χ4v) is 15.1. The summed E-state index contributed by atoms with van der Waals surface area (Å²) in [5.41, 5.74) is -2.80. The van der Waals surface area contributed by atoms with Gasteiger partial charge in [0.25, 0.3) is 5.79 Å². The average molecular weight is 1590 g/mol. The van der Waals surface area contributed by atoms with Crippen LogP contribution in [0.3, 0.4) is 0 Å². The summed E-state index contributed by atoms with van der Waals surface area (Å²) in [6.07, 6.45) is -10.5. The topological polar surface area (TPSA) is 559 Å². The number of carbonyl (C=O) groups is 5. The second-order valence-corrected chi connectivity index (χ2v) is 30.7. The number of ether oxygens (including phenoxy) is 8. The lowest BCUT2D eigenvalue weighted by atomic mass is 9.81. The maximum absolute atomic E-state index is 14.1. The van der Waals surface area contributed by atoms with E-state index in [0.717, 1.165) is 78.2 Å². The fraction of sp³-hybridized carbons (Fsp3) is 0.934. The first kappa shape index (κ1) is 98.8. The molecule has 21 N–H and O–H groups in total. The molecule has 0 radical (unpaired) electrons. The van der Waals surface area contributed by atoms with E-state index in [0.29, 0.717) is 12.8 Å². The van der Waals surface area contributed by atoms with Crippen molar-refractivity contribution in [2.45, 2.75) is 410 Å². The number of aliphatic hydroxyl groups excluding tert-OH is 16. The first-order chi connectivity index (χ1) is 52.6. The van der Waals surface area contributed by atoms with Crippen molar-refractivity contribution in [3.8, 4) is 0 Å². The summed E-state index contributed by atoms with van der Waals surface area (Å²) >= 11 is 0. The minimum Gasteiger partial charge on any atom is -0.479 e. The van der Waals surface area contributed by atoms with Crippen LogP contribution in [-0.4, -0.2) is 320 Å². The Kier molecular flexibility index (Phi) is 47.5. The monoisotopic (exact) mass is 1590 g/mol. The summed E-state index contributed by atoms with van der Waals surface area (Å²) in [7, 11) is 1.07. The Morgan fingerprint density at radius 1 is 0.500 bits per heavy atom. The van der Waals surface area contributed by atoms with Crippen LogP contribution in [0.2, 0.25) is 0 Å². The van der Waals surface area contributed by atoms with Gasteiger partial charge < -0.3 is 146 Å². The smallest absolute Gasteiger partial charge is 0.364 e. The van der Waals surface area contributed by atoms with Crippen LogP contribution in [0.15, 0.2) is 0 Å². The highest BCUT2D eigenvalue weighted by atomic mass is 16.8. The standard InChI is InChI=1S/C76H139N3O31/c1-5-7-9-11-13-15-17-18-19-20-21-22-23-24-25-27-29-31-33-35-37-49(86)70(98)78-47(59(91)48(85)36-34-32-30-28-26-16-14-12-10-8-6-2)45-104-71-64(96)62(94)66(54(43-82)105-71)107-72-65(97)63(95)67(55(44-83)106-72)109-76(74(101)102)39-51(88)58(68(110-76)60(92)52(89)41-80)79-56(90)40-75(73(99)100)38-50(87)57(77-46(3)84)69(108-75)61(93)53(42-81)103-4/h47-55,57-69,71-72,80-83,85-89,91-97H,5-45H2,1-4H3,(H,77,84)(H,78,98)(H,79,90)(H,99,100)(H,101,102)/t47-,48+,49+,50-,51-,52+,53+,54+,55+,57+,58+,59-,60+,61+,62+,63+,64+,65+,66+,67-,68+,69+,71+,72-,75-,76+/m0/s1. The molecule has 0 aromatic rings. The summed E-state index contributed by atoms with van der Waals surface area (Å²) in [5.74, 6) is -10.5. The summed E-state index contributed by atoms with van der Waals surface area (Å²) in [6.45, 7) is 0.338. The number of unbranched alkanes of at least 4 members (excludes halogenated alkanes) is 29. The Bertz CT molecular complexity index is 2530. The summed E-state index contributed by atoms with van der Waals surface area (Å²) in [6, 6.07) is -5.09. The van der Waals surface area contributed by atoms with E-state index in [1.165, 1.54) is 122 Å². The Morgan fingerprint density at radius 2 is 0.936 bits per heavy atom. The van der Waals surface area contributed by atoms with Gasteiger partial charge in [-0.1, -0.05) is 213 Å². The molecule has 34 heteroatoms. The second kappa shape index (κ2) is 52.9. The van der Waals surface area contributed by atoms with Gasteiger partial charge in [0.15, 0.2) is 18.2 Å². The molecule has 110 heavy (non-hydrogen) atoms. The third-order valence-corrected chi connectivity index (χ3v) is 21.8. The van der Waals surface area contributed by atoms with Crippen molar-refractivity contribution in [2.24, 2.45) is 0 Å². The number of hydrogen-bond acceptors (Lipinski definition) is 29. The van der Waals surface area contributed by atoms with Gasteiger partial charge in [-0.3, -0.25) is 14.4 Å². The molecule has 26 atom stereocenters. The molecule has 0 aliphatic carbocycles. The van der Waals surface area contributed by atoms with Crippen molar-refractivity contribution in [3.63, 3.8) is 0 Å². The van der Waals surface area contributed by atoms with Crippen LogP contribution in [0.5, 0.6) is 0 Å². The van der Waals surface area contributed by atoms with Crippen molar-refractivity contribution >= 4 is 29.7 Å². The van der Waals surface area contributed by atoms with Crippen LogP contribution in [0, 0.1) is 0 Å². The Balaban J connectivity index is 1.42. The number of amides is 3. The van der Waals surface area contributed by atoms with E-state index in [4.69, 9.17) is 37.9 Å². The molecule has 34 nitrogen and oxygen atoms in total. The molecule has 0 bridgehead atoms. The van der Waals surface area contributed by atoms with Crippen molar-refractivity contribution in [2.75, 3.05) is 40.1 Å². The minimum atomic E-state index is -3.34. The zero-order valence-electron chi connectivity index (χ0n) is 65.2. The highest BCUT2D eigenvalue weighted by Crippen LogP contribution is 2.40. The average Bonchev–Trinajstić information content (AvgIpc) is 0.759. The highest BCUT2D eigenvalue weighted by molar-refractivity contribution is 5.87. The highest BCUT2D eigenvalue weighted by Gasteiger charge is 2.62. The van der Waals surface area contributed by atoms with Crippen LogP contribution >= 0.6 is 0 Å². The van der Waals surface area contributed by atoms with Gasteiger partial charge >= 0.3 is 11.9 Å². The number of hydrogen-bond donors (Lipinski definition) is 21. The molecule has 0 spiro atoms. The first-order valence-electron chi connectivity index (χ1n) is 40.6. The van der Waals surface area contributed by atoms with E-state index in [1.807, 2.05) is 0 Å². The zero-order chi connectivity index (χ0) is 81.5. The van der Waals surface area contributed by atoms with E-state index in [2.05, 4.69) is 29.8 Å². The van der Waals surface area contributed by atoms with Gasteiger partial charge in [0.05, 0.1) is 75.9 Å². The quantitative estimate of drug-likeness (QED) is 0.0369. The maximum Gasteiger partial charge on any atom is 0.364 e. The number of aliphatic carboxylic acids is 2. The molecule has 0 unspecified atom stereocenters. The number of carboxylic acids is 2. The van der Waals surface area contributed by atoms with E-state index in [9.17, 15) is 116 Å². The molecule has 0 aromatic carbocycles. The zero-order valence-corrected chi connectivity index (χ0v) is 65.2. The van der Waals surface area contributed by atoms with Crippen molar-refractivity contribution in [1.29, 1.82) is 0 Å². The molecule has 644 valence electrons. The third kappa shape index (κ3) is 31.4. The molecule has 4 heterocycles. The van der Waals surface area contributed by atoms with Crippen LogP contribution < -0.4 is 16.0 Å². The van der Waals surface area contributed by atoms with Crippen LogP contribution in [0.1, 0.15) is 252 Å². The van der Waals surface area contributed by atoms with Gasteiger partial charge in [0.1, 0.15) is 97.7 Å². The molecule has 4 aliphatic heterocycles. The lowest BCUT2D eigenvalue weighted by Gasteiger charge is -2.51. The number of rotatable bonds is 59. The number of methoxy groups -OCH3 is 1. The van der Waals surface area contributed by atoms with E-state index >= 15 is 0 Å². The summed E-state index contributed by atoms with van der Waals surface area (Å²) in [5, 5.41) is 206. The lowest BCUT2D eigenvalue weighted by molar-refractivity contribution is -0.385.